The highest BCUT2D eigenvalue weighted by molar-refractivity contribution is 5.97. The minimum Gasteiger partial charge on any atom is -0.389 e. The Labute approximate surface area is 163 Å². The minimum atomic E-state index is -0.649. The van der Waals surface area contributed by atoms with Crippen molar-refractivity contribution < 1.29 is 14.6 Å². The van der Waals surface area contributed by atoms with Crippen LogP contribution >= 0.6 is 0 Å². The van der Waals surface area contributed by atoms with Crippen LogP contribution < -0.4 is 5.32 Å². The third-order valence-electron chi connectivity index (χ3n) is 5.47. The van der Waals surface area contributed by atoms with E-state index in [1.165, 1.54) is 0 Å². The van der Waals surface area contributed by atoms with Gasteiger partial charge in [-0.05, 0) is 37.5 Å². The van der Waals surface area contributed by atoms with Crippen LogP contribution in [0.3, 0.4) is 0 Å². The normalized spacial score (nSPS) is 22.4. The predicted molar refractivity (Wildman–Crippen MR) is 104 cm³/mol. The van der Waals surface area contributed by atoms with Crippen molar-refractivity contribution in [2.45, 2.75) is 44.0 Å². The number of methoxy groups -OCH3 is 1. The second-order valence-electron chi connectivity index (χ2n) is 7.21. The zero-order valence-corrected chi connectivity index (χ0v) is 15.9. The Kier molecular flexibility index (Phi) is 5.40. The molecule has 0 saturated heterocycles. The van der Waals surface area contributed by atoms with E-state index < -0.39 is 6.10 Å². The van der Waals surface area contributed by atoms with Crippen LogP contribution in [-0.2, 0) is 11.3 Å². The summed E-state index contributed by atoms with van der Waals surface area (Å²) in [5, 5.41) is 13.8. The van der Waals surface area contributed by atoms with Crippen molar-refractivity contribution in [2.24, 2.45) is 0 Å². The van der Waals surface area contributed by atoms with Crippen LogP contribution in [0.4, 0.5) is 0 Å². The zero-order chi connectivity index (χ0) is 19.5. The van der Waals surface area contributed by atoms with Crippen molar-refractivity contribution in [1.82, 2.24) is 24.4 Å². The molecule has 3 aromatic rings. The van der Waals surface area contributed by atoms with Gasteiger partial charge in [0.25, 0.3) is 5.91 Å². The molecule has 1 fully saturated rings. The Hall–Kier alpha value is -2.71. The number of amides is 1. The van der Waals surface area contributed by atoms with Crippen LogP contribution in [0.2, 0.25) is 0 Å². The number of imidazole rings is 2. The summed E-state index contributed by atoms with van der Waals surface area (Å²) >= 11 is 0. The first kappa shape index (κ1) is 18.6. The predicted octanol–water partition coefficient (Wildman–Crippen LogP) is 1.76. The van der Waals surface area contributed by atoms with Gasteiger partial charge in [0.1, 0.15) is 0 Å². The van der Waals surface area contributed by atoms with Gasteiger partial charge in [-0.2, -0.15) is 0 Å². The summed E-state index contributed by atoms with van der Waals surface area (Å²) in [6.07, 6.45) is 8.94. The van der Waals surface area contributed by atoms with E-state index in [1.54, 1.807) is 38.1 Å². The molecule has 3 atom stereocenters. The van der Waals surface area contributed by atoms with E-state index in [4.69, 9.17) is 4.74 Å². The molecule has 148 valence electrons. The number of benzene rings is 1. The molecule has 2 N–H and O–H groups in total. The summed E-state index contributed by atoms with van der Waals surface area (Å²) in [5.41, 5.74) is 2.28. The van der Waals surface area contributed by atoms with Crippen molar-refractivity contribution >= 4 is 16.9 Å². The second-order valence-corrected chi connectivity index (χ2v) is 7.21. The molecular weight excluding hydrogens is 358 g/mol. The number of nitrogens with zero attached hydrogens (tertiary/aromatic N) is 4. The van der Waals surface area contributed by atoms with Gasteiger partial charge in [-0.3, -0.25) is 4.79 Å². The number of fused-ring (bicyclic) bond motifs is 1. The number of aromatic nitrogens is 4. The van der Waals surface area contributed by atoms with E-state index in [9.17, 15) is 9.90 Å². The van der Waals surface area contributed by atoms with E-state index in [0.29, 0.717) is 18.7 Å². The number of carbonyl (C=O) groups is 1. The lowest BCUT2D eigenvalue weighted by atomic mass is 9.87. The van der Waals surface area contributed by atoms with Gasteiger partial charge >= 0.3 is 0 Å². The fraction of sp³-hybridized carbons (Fsp3) is 0.450. The van der Waals surface area contributed by atoms with Gasteiger partial charge in [-0.1, -0.05) is 0 Å². The maximum atomic E-state index is 12.8. The minimum absolute atomic E-state index is 0.0690. The molecule has 4 rings (SSSR count). The fourth-order valence-electron chi connectivity index (χ4n) is 3.93. The summed E-state index contributed by atoms with van der Waals surface area (Å²) < 4.78 is 9.03. The highest BCUT2D eigenvalue weighted by Gasteiger charge is 2.33. The molecule has 0 spiro atoms. The topological polar surface area (TPSA) is 94.2 Å². The highest BCUT2D eigenvalue weighted by Crippen LogP contribution is 2.29. The number of ether oxygens (including phenoxy) is 1. The Balaban J connectivity index is 1.47. The number of hydrogen-bond donors (Lipinski definition) is 2. The number of rotatable bonds is 6. The van der Waals surface area contributed by atoms with E-state index in [0.717, 1.165) is 30.3 Å². The average molecular weight is 383 g/mol. The molecule has 1 amide bonds. The van der Waals surface area contributed by atoms with Crippen molar-refractivity contribution in [1.29, 1.82) is 0 Å². The van der Waals surface area contributed by atoms with Crippen molar-refractivity contribution in [2.75, 3.05) is 13.7 Å². The Bertz CT molecular complexity index is 937. The number of hydrogen-bond acceptors (Lipinski definition) is 5. The first-order valence-electron chi connectivity index (χ1n) is 9.57. The molecule has 2 aromatic heterocycles. The molecule has 0 bridgehead atoms. The summed E-state index contributed by atoms with van der Waals surface area (Å²) in [6, 6.07) is 5.13. The van der Waals surface area contributed by atoms with Gasteiger partial charge in [0, 0.05) is 31.6 Å². The highest BCUT2D eigenvalue weighted by atomic mass is 16.5. The van der Waals surface area contributed by atoms with Crippen LogP contribution in [0.25, 0.3) is 11.0 Å². The van der Waals surface area contributed by atoms with Gasteiger partial charge in [0.15, 0.2) is 0 Å². The maximum absolute atomic E-state index is 12.8. The monoisotopic (exact) mass is 383 g/mol. The lowest BCUT2D eigenvalue weighted by molar-refractivity contribution is 0.0399. The smallest absolute Gasteiger partial charge is 0.251 e. The summed E-state index contributed by atoms with van der Waals surface area (Å²) in [4.78, 5) is 21.2. The lowest BCUT2D eigenvalue weighted by Gasteiger charge is -2.35. The van der Waals surface area contributed by atoms with Crippen molar-refractivity contribution in [3.63, 3.8) is 0 Å². The standard InChI is InChI=1S/C20H25N5O3/c1-28-10-9-25-13-22-16-11-14(5-6-17(16)25)20(27)23-15-3-2-4-18(19(15)26)24-8-7-21-12-24/h5-8,11-13,15,18-19,26H,2-4,9-10H2,1H3,(H,23,27)/t15-,18-,19-/m1/s1. The summed E-state index contributed by atoms with van der Waals surface area (Å²) in [6.45, 7) is 1.31. The van der Waals surface area contributed by atoms with Gasteiger partial charge in [0.05, 0.1) is 48.5 Å². The third kappa shape index (κ3) is 3.65. The molecule has 1 aromatic carbocycles. The molecule has 8 heteroatoms. The third-order valence-corrected chi connectivity index (χ3v) is 5.47. The van der Waals surface area contributed by atoms with E-state index in [1.807, 2.05) is 21.4 Å². The van der Waals surface area contributed by atoms with Crippen LogP contribution in [-0.4, -0.2) is 56.0 Å². The molecule has 1 saturated carbocycles. The van der Waals surface area contributed by atoms with Crippen LogP contribution in [0.5, 0.6) is 0 Å². The molecule has 1 aliphatic rings. The number of carbonyl (C=O) groups excluding carboxylic acids is 1. The lowest BCUT2D eigenvalue weighted by Crippen LogP contribution is -2.49. The van der Waals surface area contributed by atoms with Crippen LogP contribution in [0.15, 0.2) is 43.2 Å². The summed E-state index contributed by atoms with van der Waals surface area (Å²) in [7, 11) is 1.67. The quantitative estimate of drug-likeness (QED) is 0.676. The van der Waals surface area contributed by atoms with Crippen molar-refractivity contribution in [3.05, 3.63) is 48.8 Å². The van der Waals surface area contributed by atoms with E-state index in [-0.39, 0.29) is 18.0 Å². The molecule has 0 aliphatic heterocycles. The first-order valence-corrected chi connectivity index (χ1v) is 9.57. The molecule has 8 nitrogen and oxygen atoms in total. The average Bonchev–Trinajstić information content (AvgIpc) is 3.37. The fourth-order valence-corrected chi connectivity index (χ4v) is 3.93. The van der Waals surface area contributed by atoms with Gasteiger partial charge in [0.2, 0.25) is 0 Å². The largest absolute Gasteiger partial charge is 0.389 e. The Morgan fingerprint density at radius 1 is 1.36 bits per heavy atom. The van der Waals surface area contributed by atoms with Gasteiger partial charge < -0.3 is 24.3 Å². The number of aliphatic hydroxyl groups is 1. The zero-order valence-electron chi connectivity index (χ0n) is 15.9. The molecule has 0 unspecified atom stereocenters. The SMILES string of the molecule is COCCn1cnc2cc(C(=O)N[C@@H]3CCC[C@@H](n4ccnc4)[C@@H]3O)ccc21. The summed E-state index contributed by atoms with van der Waals surface area (Å²) in [5.74, 6) is -0.191. The van der Waals surface area contributed by atoms with E-state index in [2.05, 4.69) is 15.3 Å². The maximum Gasteiger partial charge on any atom is 0.251 e. The van der Waals surface area contributed by atoms with Crippen LogP contribution in [0.1, 0.15) is 35.7 Å². The molecule has 1 aliphatic carbocycles. The first-order chi connectivity index (χ1) is 13.7. The van der Waals surface area contributed by atoms with E-state index >= 15 is 0 Å². The van der Waals surface area contributed by atoms with Gasteiger partial charge in [-0.15, -0.1) is 0 Å². The van der Waals surface area contributed by atoms with Gasteiger partial charge in [-0.25, -0.2) is 9.97 Å². The number of nitrogens with one attached hydrogen (secondary N) is 1. The van der Waals surface area contributed by atoms with Crippen molar-refractivity contribution in [3.8, 4) is 0 Å². The Morgan fingerprint density at radius 3 is 3.04 bits per heavy atom. The molecule has 2 heterocycles. The number of aliphatic hydroxyl groups excluding tert-OH is 1. The molecule has 28 heavy (non-hydrogen) atoms. The molecular formula is C20H25N5O3. The Morgan fingerprint density at radius 2 is 2.25 bits per heavy atom. The second kappa shape index (κ2) is 8.12. The van der Waals surface area contributed by atoms with Crippen LogP contribution in [0, 0.1) is 0 Å². The molecule has 0 radical (unpaired) electrons.